The first-order valence-corrected chi connectivity index (χ1v) is 6.66. The zero-order valence-corrected chi connectivity index (χ0v) is 11.9. The number of carbonyl (C=O) groups excluding carboxylic acids is 1. The Morgan fingerprint density at radius 2 is 2.00 bits per heavy atom. The predicted octanol–water partition coefficient (Wildman–Crippen LogP) is 2.93. The van der Waals surface area contributed by atoms with Crippen molar-refractivity contribution in [2.75, 3.05) is 13.2 Å². The molecule has 0 bridgehead atoms. The highest BCUT2D eigenvalue weighted by molar-refractivity contribution is 5.95. The van der Waals surface area contributed by atoms with E-state index in [-0.39, 0.29) is 12.3 Å². The van der Waals surface area contributed by atoms with Gasteiger partial charge in [0.25, 0.3) is 5.91 Å². The lowest BCUT2D eigenvalue weighted by atomic mass is 10.2. The topological polar surface area (TPSA) is 51.2 Å². The van der Waals surface area contributed by atoms with Crippen LogP contribution in [0.5, 0.6) is 0 Å². The summed E-state index contributed by atoms with van der Waals surface area (Å²) in [4.78, 5) is 16.2. The maximum atomic E-state index is 12.0. The number of amides is 1. The standard InChI is InChI=1S/C15H15F3N2O2/c1-10(8-22-9-15(16,17)18)19-14(21)13-7-6-11-4-2-3-5-12(11)20-13/h2-7,10H,8-9H2,1H3,(H,19,21)/t10-/m1/s1. The summed E-state index contributed by atoms with van der Waals surface area (Å²) < 4.78 is 40.4. The summed E-state index contributed by atoms with van der Waals surface area (Å²) in [5.41, 5.74) is 0.887. The van der Waals surface area contributed by atoms with E-state index in [1.807, 2.05) is 18.2 Å². The minimum absolute atomic E-state index is 0.210. The highest BCUT2D eigenvalue weighted by Crippen LogP contribution is 2.14. The second-order valence-electron chi connectivity index (χ2n) is 4.89. The molecule has 1 heterocycles. The van der Waals surface area contributed by atoms with Crippen LogP contribution in [0.25, 0.3) is 10.9 Å². The SMILES string of the molecule is C[C@H](COCC(F)(F)F)NC(=O)c1ccc2ccccc2n1. The first-order valence-electron chi connectivity index (χ1n) is 6.66. The first kappa shape index (κ1) is 16.2. The average Bonchev–Trinajstić information content (AvgIpc) is 2.45. The molecule has 1 atom stereocenters. The monoisotopic (exact) mass is 312 g/mol. The van der Waals surface area contributed by atoms with Crippen LogP contribution < -0.4 is 5.32 Å². The van der Waals surface area contributed by atoms with Gasteiger partial charge in [0, 0.05) is 11.4 Å². The van der Waals surface area contributed by atoms with Crippen LogP contribution in [0.1, 0.15) is 17.4 Å². The number of alkyl halides is 3. The van der Waals surface area contributed by atoms with E-state index in [1.54, 1.807) is 25.1 Å². The van der Waals surface area contributed by atoms with Crippen LogP contribution in [0.3, 0.4) is 0 Å². The lowest BCUT2D eigenvalue weighted by Gasteiger charge is -2.15. The van der Waals surface area contributed by atoms with Gasteiger partial charge in [0.05, 0.1) is 12.1 Å². The van der Waals surface area contributed by atoms with Gasteiger partial charge in [0.15, 0.2) is 0 Å². The third kappa shape index (κ3) is 4.70. The molecule has 22 heavy (non-hydrogen) atoms. The molecular formula is C15H15F3N2O2. The Balaban J connectivity index is 1.92. The molecule has 0 unspecified atom stereocenters. The van der Waals surface area contributed by atoms with Crippen LogP contribution >= 0.6 is 0 Å². The number of carbonyl (C=O) groups is 1. The van der Waals surface area contributed by atoms with Gasteiger partial charge >= 0.3 is 6.18 Å². The molecule has 2 aromatic rings. The number of halogens is 3. The summed E-state index contributed by atoms with van der Waals surface area (Å²) in [7, 11) is 0. The van der Waals surface area contributed by atoms with Crippen molar-refractivity contribution in [1.29, 1.82) is 0 Å². The summed E-state index contributed by atoms with van der Waals surface area (Å²) in [5.74, 6) is -0.450. The molecule has 0 aliphatic carbocycles. The van der Waals surface area contributed by atoms with Crippen LogP contribution in [-0.2, 0) is 4.74 Å². The number of pyridine rings is 1. The van der Waals surface area contributed by atoms with Crippen molar-refractivity contribution in [3.05, 3.63) is 42.1 Å². The van der Waals surface area contributed by atoms with Gasteiger partial charge in [0.2, 0.25) is 0 Å². The third-order valence-electron chi connectivity index (χ3n) is 2.84. The van der Waals surface area contributed by atoms with Crippen molar-refractivity contribution < 1.29 is 22.7 Å². The van der Waals surface area contributed by atoms with Gasteiger partial charge in [0.1, 0.15) is 12.3 Å². The molecule has 2 rings (SSSR count). The number of nitrogens with one attached hydrogen (secondary N) is 1. The summed E-state index contributed by atoms with van der Waals surface area (Å²) in [6.07, 6.45) is -4.37. The van der Waals surface area contributed by atoms with Gasteiger partial charge < -0.3 is 10.1 Å². The molecule has 7 heteroatoms. The van der Waals surface area contributed by atoms with Crippen molar-refractivity contribution >= 4 is 16.8 Å². The molecule has 118 valence electrons. The third-order valence-corrected chi connectivity index (χ3v) is 2.84. The molecule has 0 radical (unpaired) electrons. The van der Waals surface area contributed by atoms with E-state index in [4.69, 9.17) is 0 Å². The average molecular weight is 312 g/mol. The Kier molecular flexibility index (Phi) is 4.97. The van der Waals surface area contributed by atoms with E-state index in [1.165, 1.54) is 0 Å². The number of ether oxygens (including phenoxy) is 1. The lowest BCUT2D eigenvalue weighted by Crippen LogP contribution is -2.37. The molecule has 0 saturated heterocycles. The largest absolute Gasteiger partial charge is 0.411 e. The van der Waals surface area contributed by atoms with Crippen LogP contribution in [0, 0.1) is 0 Å². The fourth-order valence-electron chi connectivity index (χ4n) is 1.88. The Bertz CT molecular complexity index is 659. The van der Waals surface area contributed by atoms with Crippen molar-refractivity contribution in [2.45, 2.75) is 19.1 Å². The van der Waals surface area contributed by atoms with E-state index in [9.17, 15) is 18.0 Å². The number of aromatic nitrogens is 1. The Morgan fingerprint density at radius 3 is 2.73 bits per heavy atom. The van der Waals surface area contributed by atoms with Gasteiger partial charge in [-0.05, 0) is 19.1 Å². The summed E-state index contributed by atoms with van der Waals surface area (Å²) in [6, 6.07) is 10.1. The van der Waals surface area contributed by atoms with Crippen molar-refractivity contribution in [3.63, 3.8) is 0 Å². The molecule has 1 aromatic carbocycles. The lowest BCUT2D eigenvalue weighted by molar-refractivity contribution is -0.174. The minimum Gasteiger partial charge on any atom is -0.370 e. The van der Waals surface area contributed by atoms with Gasteiger partial charge in [-0.15, -0.1) is 0 Å². The summed E-state index contributed by atoms with van der Waals surface area (Å²) in [5, 5.41) is 3.46. The Labute approximate surface area is 125 Å². The van der Waals surface area contributed by atoms with E-state index in [0.29, 0.717) is 5.52 Å². The van der Waals surface area contributed by atoms with E-state index in [2.05, 4.69) is 15.0 Å². The van der Waals surface area contributed by atoms with Crippen LogP contribution in [0.2, 0.25) is 0 Å². The second-order valence-corrected chi connectivity index (χ2v) is 4.89. The van der Waals surface area contributed by atoms with Gasteiger partial charge in [-0.2, -0.15) is 13.2 Å². The summed E-state index contributed by atoms with van der Waals surface area (Å²) >= 11 is 0. The van der Waals surface area contributed by atoms with E-state index < -0.39 is 24.7 Å². The van der Waals surface area contributed by atoms with Crippen molar-refractivity contribution in [1.82, 2.24) is 10.3 Å². The second kappa shape index (κ2) is 6.74. The van der Waals surface area contributed by atoms with Gasteiger partial charge in [-0.3, -0.25) is 4.79 Å². The summed E-state index contributed by atoms with van der Waals surface area (Å²) in [6.45, 7) is 0.00951. The Hall–Kier alpha value is -2.15. The molecule has 0 saturated carbocycles. The van der Waals surface area contributed by atoms with E-state index in [0.717, 1.165) is 5.39 Å². The normalized spacial score (nSPS) is 13.1. The highest BCUT2D eigenvalue weighted by Gasteiger charge is 2.27. The van der Waals surface area contributed by atoms with Crippen LogP contribution in [0.4, 0.5) is 13.2 Å². The molecule has 0 spiro atoms. The number of hydrogen-bond donors (Lipinski definition) is 1. The number of benzene rings is 1. The number of fused-ring (bicyclic) bond motifs is 1. The zero-order chi connectivity index (χ0) is 16.2. The van der Waals surface area contributed by atoms with Gasteiger partial charge in [-0.1, -0.05) is 24.3 Å². The number of rotatable bonds is 5. The smallest absolute Gasteiger partial charge is 0.370 e. The maximum absolute atomic E-state index is 12.0. The van der Waals surface area contributed by atoms with Crippen LogP contribution in [0.15, 0.2) is 36.4 Å². The Morgan fingerprint density at radius 1 is 1.27 bits per heavy atom. The number of nitrogens with zero attached hydrogens (tertiary/aromatic N) is 1. The fourth-order valence-corrected chi connectivity index (χ4v) is 1.88. The highest BCUT2D eigenvalue weighted by atomic mass is 19.4. The molecule has 0 fully saturated rings. The number of para-hydroxylation sites is 1. The molecule has 1 aromatic heterocycles. The molecule has 1 amide bonds. The van der Waals surface area contributed by atoms with Gasteiger partial charge in [-0.25, -0.2) is 4.98 Å². The molecular weight excluding hydrogens is 297 g/mol. The zero-order valence-electron chi connectivity index (χ0n) is 11.9. The number of hydrogen-bond acceptors (Lipinski definition) is 3. The maximum Gasteiger partial charge on any atom is 0.411 e. The fraction of sp³-hybridized carbons (Fsp3) is 0.333. The van der Waals surface area contributed by atoms with Crippen molar-refractivity contribution in [3.8, 4) is 0 Å². The molecule has 4 nitrogen and oxygen atoms in total. The molecule has 0 aliphatic rings. The van der Waals surface area contributed by atoms with Crippen molar-refractivity contribution in [2.24, 2.45) is 0 Å². The molecule has 1 N–H and O–H groups in total. The quantitative estimate of drug-likeness (QED) is 0.923. The minimum atomic E-state index is -4.37. The van der Waals surface area contributed by atoms with Crippen LogP contribution in [-0.4, -0.2) is 36.3 Å². The first-order chi connectivity index (χ1) is 10.3. The predicted molar refractivity (Wildman–Crippen MR) is 75.5 cm³/mol. The molecule has 0 aliphatic heterocycles. The van der Waals surface area contributed by atoms with E-state index >= 15 is 0 Å².